The Morgan fingerprint density at radius 2 is 0.873 bits per heavy atom. The van der Waals surface area contributed by atoms with Crippen LogP contribution in [0.3, 0.4) is 0 Å². The SMILES string of the molecule is CC/C=C\C/C=C\C/C=C\C/C=C\C/C=C\C/C=C\C/C=C\C/C=C\C/C=C\C/C=C\C/C=C\CCCCCC(=O)NC(COP(=O)([O-])OCC[N+](C)(C)C)C(O)/C=C/CC/C=C/CC/C=C/CCCC. The zero-order chi connectivity index (χ0) is 52.0. The maximum absolute atomic E-state index is 12.9. The van der Waals surface area contributed by atoms with Gasteiger partial charge in [-0.2, -0.15) is 0 Å². The first-order valence-corrected chi connectivity index (χ1v) is 28.5. The standard InChI is InChI=1S/C62H99N2O6P/c1-6-8-10-12-14-16-18-20-21-22-23-24-25-26-27-28-29-30-31-32-33-34-35-36-37-38-39-40-41-42-43-44-46-48-50-52-54-56-62(66)63-60(59-70-71(67,68)69-58-57-64(3,4)5)61(65)55-53-51-49-47-45-19-17-15-13-11-9-7-2/h8,10,13-16,20-21,23-24,26-27,29-30,32-33,35-36,38-39,41-42,44-47,53,55,60-61,65H,6-7,9,11-12,17-19,22,25,28,31,34,37,40,43,48-52,54,56-59H2,1-5H3,(H-,63,66,67,68)/b10-8-,15-13+,16-14-,21-20-,24-23-,27-26-,30-29-,33-32-,36-35-,39-38-,42-41-,46-44-,47-45+,55-53+. The van der Waals surface area contributed by atoms with Crippen molar-refractivity contribution >= 4 is 13.7 Å². The molecule has 0 aliphatic carbocycles. The molecule has 71 heavy (non-hydrogen) atoms. The van der Waals surface area contributed by atoms with Crippen LogP contribution < -0.4 is 10.2 Å². The van der Waals surface area contributed by atoms with Crippen molar-refractivity contribution in [1.82, 2.24) is 5.32 Å². The van der Waals surface area contributed by atoms with Crippen LogP contribution in [0, 0.1) is 0 Å². The van der Waals surface area contributed by atoms with Gasteiger partial charge in [0.2, 0.25) is 5.91 Å². The van der Waals surface area contributed by atoms with E-state index in [1.807, 2.05) is 27.2 Å². The van der Waals surface area contributed by atoms with Crippen molar-refractivity contribution in [1.29, 1.82) is 0 Å². The van der Waals surface area contributed by atoms with Crippen molar-refractivity contribution in [3.8, 4) is 0 Å². The van der Waals surface area contributed by atoms with Gasteiger partial charge in [-0.3, -0.25) is 9.36 Å². The van der Waals surface area contributed by atoms with Gasteiger partial charge in [-0.1, -0.05) is 203 Å². The first kappa shape index (κ1) is 66.9. The van der Waals surface area contributed by atoms with E-state index >= 15 is 0 Å². The van der Waals surface area contributed by atoms with Crippen LogP contribution in [0.2, 0.25) is 0 Å². The lowest BCUT2D eigenvalue weighted by Gasteiger charge is -2.29. The van der Waals surface area contributed by atoms with E-state index in [4.69, 9.17) is 9.05 Å². The molecule has 3 atom stereocenters. The van der Waals surface area contributed by atoms with Crippen molar-refractivity contribution in [2.24, 2.45) is 0 Å². The fourth-order valence-corrected chi connectivity index (χ4v) is 7.13. The molecule has 0 aromatic carbocycles. The van der Waals surface area contributed by atoms with Gasteiger partial charge in [0.05, 0.1) is 39.9 Å². The smallest absolute Gasteiger partial charge is 0.268 e. The zero-order valence-corrected chi connectivity index (χ0v) is 46.0. The third-order valence-corrected chi connectivity index (χ3v) is 11.6. The molecule has 0 bridgehead atoms. The number of phosphoric acid groups is 1. The van der Waals surface area contributed by atoms with E-state index in [1.54, 1.807) is 6.08 Å². The van der Waals surface area contributed by atoms with Crippen LogP contribution in [0.15, 0.2) is 170 Å². The number of nitrogens with one attached hydrogen (secondary N) is 1. The number of allylic oxidation sites excluding steroid dienone is 27. The lowest BCUT2D eigenvalue weighted by atomic mass is 10.1. The summed E-state index contributed by atoms with van der Waals surface area (Å²) in [5.41, 5.74) is 0. The van der Waals surface area contributed by atoms with E-state index in [0.717, 1.165) is 116 Å². The summed E-state index contributed by atoms with van der Waals surface area (Å²) in [6.07, 6.45) is 81.5. The van der Waals surface area contributed by atoms with Crippen molar-refractivity contribution in [3.63, 3.8) is 0 Å². The molecule has 0 spiro atoms. The highest BCUT2D eigenvalue weighted by Gasteiger charge is 2.23. The second-order valence-electron chi connectivity index (χ2n) is 18.5. The summed E-state index contributed by atoms with van der Waals surface area (Å²) in [4.78, 5) is 25.4. The lowest BCUT2D eigenvalue weighted by Crippen LogP contribution is -2.45. The van der Waals surface area contributed by atoms with E-state index in [-0.39, 0.29) is 18.9 Å². The number of phosphoric ester groups is 1. The first-order valence-electron chi connectivity index (χ1n) is 27.0. The van der Waals surface area contributed by atoms with Gasteiger partial charge < -0.3 is 28.8 Å². The quantitative estimate of drug-likeness (QED) is 0.0272. The van der Waals surface area contributed by atoms with Crippen LogP contribution in [-0.2, 0) is 18.4 Å². The minimum Gasteiger partial charge on any atom is -0.756 e. The number of carbonyl (C=O) groups is 1. The second kappa shape index (κ2) is 50.8. The molecule has 8 nitrogen and oxygen atoms in total. The number of quaternary nitrogens is 1. The van der Waals surface area contributed by atoms with Crippen LogP contribution in [0.1, 0.15) is 162 Å². The third kappa shape index (κ3) is 53.5. The Kier molecular flexibility index (Phi) is 47.8. The number of likely N-dealkylation sites (N-methyl/N-ethyl adjacent to an activating group) is 1. The molecule has 9 heteroatoms. The highest BCUT2D eigenvalue weighted by atomic mass is 31.2. The summed E-state index contributed by atoms with van der Waals surface area (Å²) >= 11 is 0. The number of rotatable bonds is 46. The molecule has 0 radical (unpaired) electrons. The predicted molar refractivity (Wildman–Crippen MR) is 306 cm³/mol. The minimum atomic E-state index is -4.62. The Hall–Kier alpha value is -4.14. The third-order valence-electron chi connectivity index (χ3n) is 10.6. The predicted octanol–water partition coefficient (Wildman–Crippen LogP) is 15.8. The summed E-state index contributed by atoms with van der Waals surface area (Å²) in [5.74, 6) is -0.254. The molecule has 0 aromatic heterocycles. The van der Waals surface area contributed by atoms with Crippen LogP contribution in [0.25, 0.3) is 0 Å². The number of nitrogens with zero attached hydrogens (tertiary/aromatic N) is 1. The van der Waals surface area contributed by atoms with E-state index in [9.17, 15) is 19.4 Å². The van der Waals surface area contributed by atoms with Gasteiger partial charge in [-0.25, -0.2) is 0 Å². The van der Waals surface area contributed by atoms with Gasteiger partial charge in [0, 0.05) is 6.42 Å². The van der Waals surface area contributed by atoms with Gasteiger partial charge in [-0.05, 0) is 122 Å². The summed E-state index contributed by atoms with van der Waals surface area (Å²) in [7, 11) is 1.18. The first-order chi connectivity index (χ1) is 34.5. The number of amides is 1. The fraction of sp³-hybridized carbons (Fsp3) is 0.532. The number of hydrogen-bond donors (Lipinski definition) is 2. The van der Waals surface area contributed by atoms with Crippen LogP contribution in [0.4, 0.5) is 0 Å². The molecule has 0 aliphatic rings. The lowest BCUT2D eigenvalue weighted by molar-refractivity contribution is -0.870. The van der Waals surface area contributed by atoms with Crippen molar-refractivity contribution in [3.05, 3.63) is 170 Å². The summed E-state index contributed by atoms with van der Waals surface area (Å²) in [5, 5.41) is 13.7. The van der Waals surface area contributed by atoms with Crippen LogP contribution in [0.5, 0.6) is 0 Å². The zero-order valence-electron chi connectivity index (χ0n) is 45.1. The Morgan fingerprint density at radius 1 is 0.507 bits per heavy atom. The molecule has 1 amide bonds. The van der Waals surface area contributed by atoms with Gasteiger partial charge >= 0.3 is 0 Å². The molecule has 0 aliphatic heterocycles. The molecule has 0 aromatic rings. The second-order valence-corrected chi connectivity index (χ2v) is 19.9. The van der Waals surface area contributed by atoms with Crippen LogP contribution >= 0.6 is 7.82 Å². The van der Waals surface area contributed by atoms with Crippen LogP contribution in [-0.4, -0.2) is 68.5 Å². The molecule has 0 saturated carbocycles. The number of aliphatic hydroxyl groups excluding tert-OH is 1. The Balaban J connectivity index is 4.29. The number of hydrogen-bond acceptors (Lipinski definition) is 6. The molecular formula is C62H99N2O6P. The molecule has 0 saturated heterocycles. The molecule has 2 N–H and O–H groups in total. The molecule has 3 unspecified atom stereocenters. The Bertz CT molecular complexity index is 1750. The monoisotopic (exact) mass is 999 g/mol. The number of aliphatic hydroxyl groups is 1. The summed E-state index contributed by atoms with van der Waals surface area (Å²) in [6, 6.07) is -0.940. The highest BCUT2D eigenvalue weighted by Crippen LogP contribution is 2.38. The van der Waals surface area contributed by atoms with E-state index in [1.165, 1.54) is 12.8 Å². The number of unbranched alkanes of at least 4 members (excludes halogenated alkanes) is 7. The largest absolute Gasteiger partial charge is 0.756 e. The average molecular weight is 999 g/mol. The molecule has 0 rings (SSSR count). The normalized spacial score (nSPS) is 15.3. The fourth-order valence-electron chi connectivity index (χ4n) is 6.41. The van der Waals surface area contributed by atoms with E-state index in [0.29, 0.717) is 23.9 Å². The van der Waals surface area contributed by atoms with E-state index < -0.39 is 26.6 Å². The molecular weight excluding hydrogens is 900 g/mol. The average Bonchev–Trinajstić information content (AvgIpc) is 3.33. The van der Waals surface area contributed by atoms with Gasteiger partial charge in [0.1, 0.15) is 13.2 Å². The summed E-state index contributed by atoms with van der Waals surface area (Å²) < 4.78 is 23.2. The highest BCUT2D eigenvalue weighted by molar-refractivity contribution is 7.45. The summed E-state index contributed by atoms with van der Waals surface area (Å²) in [6.45, 7) is 4.38. The van der Waals surface area contributed by atoms with Crippen molar-refractivity contribution in [2.45, 2.75) is 174 Å². The Labute approximate surface area is 434 Å². The molecule has 398 valence electrons. The van der Waals surface area contributed by atoms with E-state index in [2.05, 4.69) is 177 Å². The maximum Gasteiger partial charge on any atom is 0.268 e. The Morgan fingerprint density at radius 3 is 1.28 bits per heavy atom. The van der Waals surface area contributed by atoms with Gasteiger partial charge in [-0.15, -0.1) is 0 Å². The number of carbonyl (C=O) groups excluding carboxylic acids is 1. The molecule has 0 heterocycles. The van der Waals surface area contributed by atoms with Crippen molar-refractivity contribution in [2.75, 3.05) is 40.9 Å². The molecule has 0 fully saturated rings. The van der Waals surface area contributed by atoms with Gasteiger partial charge in [0.25, 0.3) is 7.82 Å². The van der Waals surface area contributed by atoms with Crippen molar-refractivity contribution < 1.29 is 32.9 Å². The minimum absolute atomic E-state index is 0.0261. The maximum atomic E-state index is 12.9. The van der Waals surface area contributed by atoms with Gasteiger partial charge in [0.15, 0.2) is 0 Å². The topological polar surface area (TPSA) is 108 Å².